The summed E-state index contributed by atoms with van der Waals surface area (Å²) in [4.78, 5) is 10.1. The van der Waals surface area contributed by atoms with Crippen LogP contribution in [0.1, 0.15) is 36.9 Å². The Labute approximate surface area is 124 Å². The van der Waals surface area contributed by atoms with Crippen molar-refractivity contribution in [3.05, 3.63) is 33.6 Å². The van der Waals surface area contributed by atoms with Crippen LogP contribution in [0, 0.1) is 6.92 Å². The predicted octanol–water partition coefficient (Wildman–Crippen LogP) is 3.81. The third kappa shape index (κ3) is 3.93. The lowest BCUT2D eigenvalue weighted by molar-refractivity contribution is 0.232. The van der Waals surface area contributed by atoms with E-state index in [1.807, 2.05) is 26.8 Å². The molecule has 0 saturated carbocycles. The van der Waals surface area contributed by atoms with E-state index in [0.29, 0.717) is 11.8 Å². The van der Waals surface area contributed by atoms with Crippen molar-refractivity contribution in [3.8, 4) is 5.88 Å². The van der Waals surface area contributed by atoms with E-state index in [1.54, 1.807) is 11.3 Å². The number of anilines is 1. The van der Waals surface area contributed by atoms with Gasteiger partial charge in [0, 0.05) is 16.6 Å². The largest absolute Gasteiger partial charge is 0.475 e. The van der Waals surface area contributed by atoms with Crippen LogP contribution in [0.5, 0.6) is 5.88 Å². The molecule has 0 aliphatic rings. The van der Waals surface area contributed by atoms with Crippen molar-refractivity contribution in [3.63, 3.8) is 0 Å². The molecule has 0 bridgehead atoms. The number of aromatic nitrogens is 2. The van der Waals surface area contributed by atoms with Crippen LogP contribution >= 0.6 is 11.3 Å². The van der Waals surface area contributed by atoms with Gasteiger partial charge < -0.3 is 10.1 Å². The number of rotatable bonds is 6. The molecule has 2 heterocycles. The van der Waals surface area contributed by atoms with Gasteiger partial charge in [0.25, 0.3) is 0 Å². The average molecular weight is 291 g/mol. The van der Waals surface area contributed by atoms with Gasteiger partial charge in [-0.05, 0) is 44.2 Å². The summed E-state index contributed by atoms with van der Waals surface area (Å²) in [5.41, 5.74) is 2.29. The molecular weight excluding hydrogens is 270 g/mol. The second-order valence-electron chi connectivity index (χ2n) is 4.91. The first kappa shape index (κ1) is 14.8. The molecule has 0 spiro atoms. The van der Waals surface area contributed by atoms with Crippen LogP contribution in [0.25, 0.3) is 0 Å². The highest BCUT2D eigenvalue weighted by Crippen LogP contribution is 2.19. The zero-order valence-corrected chi connectivity index (χ0v) is 13.3. The molecule has 0 aromatic carbocycles. The molecule has 0 unspecified atom stereocenters. The van der Waals surface area contributed by atoms with Crippen LogP contribution in [0.4, 0.5) is 5.95 Å². The van der Waals surface area contributed by atoms with E-state index < -0.39 is 0 Å². The predicted molar refractivity (Wildman–Crippen MR) is 83.6 cm³/mol. The van der Waals surface area contributed by atoms with Crippen molar-refractivity contribution in [2.45, 2.75) is 46.8 Å². The standard InChI is InChI=1S/C15H21N3OS/c1-5-12-6-7-20-13(12)9-16-15-17-11(4)8-14(18-15)19-10(2)3/h6-8,10H,5,9H2,1-4H3,(H,16,17,18). The number of thiophene rings is 1. The summed E-state index contributed by atoms with van der Waals surface area (Å²) in [6.45, 7) is 8.85. The van der Waals surface area contributed by atoms with E-state index >= 15 is 0 Å². The fraction of sp³-hybridized carbons (Fsp3) is 0.467. The van der Waals surface area contributed by atoms with E-state index in [4.69, 9.17) is 4.74 Å². The molecule has 0 radical (unpaired) electrons. The summed E-state index contributed by atoms with van der Waals surface area (Å²) in [7, 11) is 0. The first-order valence-electron chi connectivity index (χ1n) is 6.90. The maximum Gasteiger partial charge on any atom is 0.226 e. The van der Waals surface area contributed by atoms with E-state index in [1.165, 1.54) is 10.4 Å². The van der Waals surface area contributed by atoms with Crippen molar-refractivity contribution in [1.29, 1.82) is 0 Å². The molecule has 2 aromatic rings. The Morgan fingerprint density at radius 3 is 2.85 bits per heavy atom. The van der Waals surface area contributed by atoms with Gasteiger partial charge in [0.15, 0.2) is 0 Å². The minimum absolute atomic E-state index is 0.112. The first-order valence-corrected chi connectivity index (χ1v) is 7.78. The third-order valence-electron chi connectivity index (χ3n) is 2.81. The summed E-state index contributed by atoms with van der Waals surface area (Å²) in [6.07, 6.45) is 1.16. The average Bonchev–Trinajstić information content (AvgIpc) is 2.82. The Kier molecular flexibility index (Phi) is 4.95. The van der Waals surface area contributed by atoms with Gasteiger partial charge >= 0.3 is 0 Å². The van der Waals surface area contributed by atoms with Crippen molar-refractivity contribution in [2.24, 2.45) is 0 Å². The van der Waals surface area contributed by atoms with Gasteiger partial charge in [-0.25, -0.2) is 4.98 Å². The van der Waals surface area contributed by atoms with Crippen molar-refractivity contribution in [2.75, 3.05) is 5.32 Å². The number of hydrogen-bond donors (Lipinski definition) is 1. The molecule has 5 heteroatoms. The monoisotopic (exact) mass is 291 g/mol. The molecule has 2 rings (SSSR count). The molecule has 0 atom stereocenters. The maximum atomic E-state index is 5.63. The number of ether oxygens (including phenoxy) is 1. The summed E-state index contributed by atoms with van der Waals surface area (Å²) in [5, 5.41) is 5.41. The first-order chi connectivity index (χ1) is 9.58. The quantitative estimate of drug-likeness (QED) is 0.879. The lowest BCUT2D eigenvalue weighted by Crippen LogP contribution is -2.10. The van der Waals surface area contributed by atoms with E-state index in [2.05, 4.69) is 33.7 Å². The van der Waals surface area contributed by atoms with Gasteiger partial charge in [0.2, 0.25) is 11.8 Å². The van der Waals surface area contributed by atoms with Crippen LogP contribution in [-0.4, -0.2) is 16.1 Å². The summed E-state index contributed by atoms with van der Waals surface area (Å²) >= 11 is 1.76. The molecule has 1 N–H and O–H groups in total. The molecule has 108 valence electrons. The van der Waals surface area contributed by atoms with Gasteiger partial charge in [0.05, 0.1) is 12.6 Å². The number of hydrogen-bond acceptors (Lipinski definition) is 5. The highest BCUT2D eigenvalue weighted by Gasteiger charge is 2.07. The minimum atomic E-state index is 0.112. The summed E-state index contributed by atoms with van der Waals surface area (Å²) in [5.74, 6) is 1.24. The Hall–Kier alpha value is -1.62. The highest BCUT2D eigenvalue weighted by atomic mass is 32.1. The molecule has 4 nitrogen and oxygen atoms in total. The lowest BCUT2D eigenvalue weighted by atomic mass is 10.2. The van der Waals surface area contributed by atoms with Crippen molar-refractivity contribution >= 4 is 17.3 Å². The lowest BCUT2D eigenvalue weighted by Gasteiger charge is -2.11. The summed E-state index contributed by atoms with van der Waals surface area (Å²) < 4.78 is 5.63. The smallest absolute Gasteiger partial charge is 0.226 e. The molecule has 2 aromatic heterocycles. The maximum absolute atomic E-state index is 5.63. The molecule has 0 aliphatic heterocycles. The van der Waals surface area contributed by atoms with E-state index in [9.17, 15) is 0 Å². The normalized spacial score (nSPS) is 10.8. The van der Waals surface area contributed by atoms with Gasteiger partial charge in [-0.15, -0.1) is 11.3 Å². The molecule has 0 fully saturated rings. The summed E-state index contributed by atoms with van der Waals surface area (Å²) in [6, 6.07) is 4.03. The SMILES string of the molecule is CCc1ccsc1CNc1nc(C)cc(OC(C)C)n1. The van der Waals surface area contributed by atoms with Crippen LogP contribution < -0.4 is 10.1 Å². The second-order valence-corrected chi connectivity index (χ2v) is 5.91. The number of nitrogens with zero attached hydrogens (tertiary/aromatic N) is 2. The van der Waals surface area contributed by atoms with Crippen molar-refractivity contribution in [1.82, 2.24) is 9.97 Å². The van der Waals surface area contributed by atoms with Crippen molar-refractivity contribution < 1.29 is 4.74 Å². The van der Waals surface area contributed by atoms with Gasteiger partial charge in [-0.2, -0.15) is 4.98 Å². The van der Waals surface area contributed by atoms with Gasteiger partial charge in [-0.1, -0.05) is 6.92 Å². The fourth-order valence-electron chi connectivity index (χ4n) is 1.92. The van der Waals surface area contributed by atoms with Crippen LogP contribution in [-0.2, 0) is 13.0 Å². The molecule has 20 heavy (non-hydrogen) atoms. The number of aryl methyl sites for hydroxylation is 2. The van der Waals surface area contributed by atoms with Crippen LogP contribution in [0.15, 0.2) is 17.5 Å². The van der Waals surface area contributed by atoms with Gasteiger partial charge in [-0.3, -0.25) is 0 Å². The number of nitrogens with one attached hydrogen (secondary N) is 1. The van der Waals surface area contributed by atoms with Crippen LogP contribution in [0.2, 0.25) is 0 Å². The fourth-order valence-corrected chi connectivity index (χ4v) is 2.83. The molecule has 0 saturated heterocycles. The zero-order valence-electron chi connectivity index (χ0n) is 12.4. The Morgan fingerprint density at radius 1 is 1.35 bits per heavy atom. The Morgan fingerprint density at radius 2 is 2.15 bits per heavy atom. The highest BCUT2D eigenvalue weighted by molar-refractivity contribution is 7.10. The Bertz CT molecular complexity index is 566. The van der Waals surface area contributed by atoms with E-state index in [-0.39, 0.29) is 6.10 Å². The van der Waals surface area contributed by atoms with Crippen LogP contribution in [0.3, 0.4) is 0 Å². The topological polar surface area (TPSA) is 47.0 Å². The molecule has 0 aliphatic carbocycles. The molecule has 0 amide bonds. The van der Waals surface area contributed by atoms with Gasteiger partial charge in [0.1, 0.15) is 0 Å². The van der Waals surface area contributed by atoms with E-state index in [0.717, 1.165) is 18.7 Å². The zero-order chi connectivity index (χ0) is 14.5. The third-order valence-corrected chi connectivity index (χ3v) is 3.78. The minimum Gasteiger partial charge on any atom is -0.475 e. The molecular formula is C15H21N3OS. The second kappa shape index (κ2) is 6.70. The Balaban J connectivity index is 2.07.